The number of carbonyl (C=O) groups is 1. The molecule has 0 bridgehead atoms. The summed E-state index contributed by atoms with van der Waals surface area (Å²) in [4.78, 5) is 25.8. The minimum atomic E-state index is -0.521. The van der Waals surface area contributed by atoms with Crippen molar-refractivity contribution in [1.29, 1.82) is 0 Å². The second-order valence-corrected chi connectivity index (χ2v) is 8.89. The van der Waals surface area contributed by atoms with Crippen molar-refractivity contribution in [1.82, 2.24) is 24.8 Å². The molecule has 9 heteroatoms. The minimum absolute atomic E-state index is 0.429. The van der Waals surface area contributed by atoms with Crippen molar-refractivity contribution in [3.05, 3.63) is 65.4 Å². The van der Waals surface area contributed by atoms with Crippen molar-refractivity contribution in [3.8, 4) is 5.95 Å². The third kappa shape index (κ3) is 6.29. The van der Waals surface area contributed by atoms with Crippen molar-refractivity contribution in [2.45, 2.75) is 52.4 Å². The smallest absolute Gasteiger partial charge is 0.407 e. The van der Waals surface area contributed by atoms with Crippen LogP contribution >= 0.6 is 0 Å². The molecule has 1 aliphatic heterocycles. The first-order chi connectivity index (χ1) is 15.9. The van der Waals surface area contributed by atoms with E-state index < -0.39 is 11.7 Å². The number of imidazole rings is 1. The molecule has 1 aliphatic rings. The van der Waals surface area contributed by atoms with Crippen LogP contribution in [0.5, 0.6) is 0 Å². The van der Waals surface area contributed by atoms with Gasteiger partial charge in [0.25, 0.3) is 0 Å². The quantitative estimate of drug-likeness (QED) is 0.568. The van der Waals surface area contributed by atoms with Crippen molar-refractivity contribution >= 4 is 11.9 Å². The molecule has 0 radical (unpaired) electrons. The van der Waals surface area contributed by atoms with Crippen LogP contribution in [0.1, 0.15) is 43.3 Å². The Hall–Kier alpha value is -3.46. The molecule has 4 rings (SSSR count). The van der Waals surface area contributed by atoms with Crippen molar-refractivity contribution < 1.29 is 14.3 Å². The average Bonchev–Trinajstić information content (AvgIpc) is 3.26. The number of nitrogens with zero attached hydrogens (tertiary/aromatic N) is 4. The first kappa shape index (κ1) is 22.7. The summed E-state index contributed by atoms with van der Waals surface area (Å²) in [6.45, 7) is 7.74. The highest BCUT2D eigenvalue weighted by Crippen LogP contribution is 2.24. The molecule has 0 unspecified atom stereocenters. The van der Waals surface area contributed by atoms with Gasteiger partial charge in [0.15, 0.2) is 0 Å². The van der Waals surface area contributed by atoms with E-state index in [1.165, 1.54) is 5.56 Å². The predicted molar refractivity (Wildman–Crippen MR) is 124 cm³/mol. The SMILES string of the molecule is CC(C)(C)OC(=O)NCCc1cn(-c2nc3c(c(NCc4ccccc4)n2)COCC3)cn1. The summed E-state index contributed by atoms with van der Waals surface area (Å²) in [5, 5.41) is 6.20. The first-order valence-corrected chi connectivity index (χ1v) is 11.1. The fourth-order valence-corrected chi connectivity index (χ4v) is 3.47. The lowest BCUT2D eigenvalue weighted by molar-refractivity contribution is 0.0528. The predicted octanol–water partition coefficient (Wildman–Crippen LogP) is 3.41. The summed E-state index contributed by atoms with van der Waals surface area (Å²) in [6, 6.07) is 10.2. The maximum Gasteiger partial charge on any atom is 0.407 e. The topological polar surface area (TPSA) is 103 Å². The minimum Gasteiger partial charge on any atom is -0.444 e. The molecule has 0 spiro atoms. The molecule has 3 heterocycles. The van der Waals surface area contributed by atoms with Crippen LogP contribution < -0.4 is 10.6 Å². The van der Waals surface area contributed by atoms with Crippen LogP contribution in [0.4, 0.5) is 10.6 Å². The number of ether oxygens (including phenoxy) is 2. The van der Waals surface area contributed by atoms with Crippen LogP contribution in [0.25, 0.3) is 5.95 Å². The number of aromatic nitrogens is 4. The normalized spacial score (nSPS) is 13.3. The van der Waals surface area contributed by atoms with Gasteiger partial charge in [-0.2, -0.15) is 4.98 Å². The van der Waals surface area contributed by atoms with Crippen LogP contribution in [0.3, 0.4) is 0 Å². The Morgan fingerprint density at radius 2 is 2.03 bits per heavy atom. The molecule has 0 fully saturated rings. The molecule has 1 aromatic carbocycles. The molecule has 33 heavy (non-hydrogen) atoms. The number of carbonyl (C=O) groups excluding carboxylic acids is 1. The molecule has 9 nitrogen and oxygen atoms in total. The van der Waals surface area contributed by atoms with Crippen molar-refractivity contribution in [2.75, 3.05) is 18.5 Å². The van der Waals surface area contributed by atoms with E-state index in [0.29, 0.717) is 38.7 Å². The summed E-state index contributed by atoms with van der Waals surface area (Å²) >= 11 is 0. The van der Waals surface area contributed by atoms with Gasteiger partial charge in [-0.3, -0.25) is 4.57 Å². The van der Waals surface area contributed by atoms with Gasteiger partial charge in [-0.1, -0.05) is 30.3 Å². The number of hydrogen-bond acceptors (Lipinski definition) is 7. The van der Waals surface area contributed by atoms with Crippen LogP contribution in [-0.4, -0.2) is 44.4 Å². The summed E-state index contributed by atoms with van der Waals surface area (Å²) in [5.41, 5.74) is 3.47. The van der Waals surface area contributed by atoms with Gasteiger partial charge in [0.1, 0.15) is 17.7 Å². The molecule has 0 saturated carbocycles. The Bertz CT molecular complexity index is 1090. The number of anilines is 1. The molecule has 0 aliphatic carbocycles. The van der Waals surface area contributed by atoms with Gasteiger partial charge in [0.2, 0.25) is 5.95 Å². The van der Waals surface area contributed by atoms with Crippen LogP contribution in [-0.2, 0) is 35.5 Å². The number of hydrogen-bond donors (Lipinski definition) is 2. The third-order valence-electron chi connectivity index (χ3n) is 5.03. The molecule has 3 aromatic rings. The van der Waals surface area contributed by atoms with E-state index in [1.807, 2.05) is 49.7 Å². The van der Waals surface area contributed by atoms with E-state index in [9.17, 15) is 4.79 Å². The summed E-state index contributed by atoms with van der Waals surface area (Å²) in [6.07, 6.45) is 4.47. The zero-order chi connectivity index (χ0) is 23.3. The summed E-state index contributed by atoms with van der Waals surface area (Å²) < 4.78 is 12.7. The molecule has 2 aromatic heterocycles. The highest BCUT2D eigenvalue weighted by molar-refractivity contribution is 5.67. The zero-order valence-corrected chi connectivity index (χ0v) is 19.3. The van der Waals surface area contributed by atoms with Gasteiger partial charge in [-0.15, -0.1) is 0 Å². The van der Waals surface area contributed by atoms with Gasteiger partial charge < -0.3 is 20.1 Å². The molecular formula is C24H30N6O3. The number of rotatable bonds is 7. The molecule has 0 atom stereocenters. The second kappa shape index (κ2) is 9.99. The van der Waals surface area contributed by atoms with E-state index in [-0.39, 0.29) is 0 Å². The van der Waals surface area contributed by atoms with Gasteiger partial charge in [0, 0.05) is 37.7 Å². The molecule has 0 saturated heterocycles. The fourth-order valence-electron chi connectivity index (χ4n) is 3.47. The van der Waals surface area contributed by atoms with Crippen molar-refractivity contribution in [2.24, 2.45) is 0 Å². The van der Waals surface area contributed by atoms with Gasteiger partial charge in [-0.05, 0) is 26.3 Å². The van der Waals surface area contributed by atoms with Crippen LogP contribution in [0.15, 0.2) is 42.9 Å². The number of nitrogens with one attached hydrogen (secondary N) is 2. The molecule has 2 N–H and O–H groups in total. The first-order valence-electron chi connectivity index (χ1n) is 11.1. The van der Waals surface area contributed by atoms with E-state index >= 15 is 0 Å². The Labute approximate surface area is 193 Å². The van der Waals surface area contributed by atoms with E-state index in [1.54, 1.807) is 6.33 Å². The lowest BCUT2D eigenvalue weighted by atomic mass is 10.1. The van der Waals surface area contributed by atoms with Gasteiger partial charge >= 0.3 is 6.09 Å². The lowest BCUT2D eigenvalue weighted by Crippen LogP contribution is -2.33. The van der Waals surface area contributed by atoms with E-state index in [0.717, 1.165) is 29.2 Å². The summed E-state index contributed by atoms with van der Waals surface area (Å²) in [5.74, 6) is 1.34. The zero-order valence-electron chi connectivity index (χ0n) is 19.3. The van der Waals surface area contributed by atoms with E-state index in [4.69, 9.17) is 19.4 Å². The Kier molecular flexibility index (Phi) is 6.88. The van der Waals surface area contributed by atoms with Crippen molar-refractivity contribution in [3.63, 3.8) is 0 Å². The lowest BCUT2D eigenvalue weighted by Gasteiger charge is -2.20. The number of fused-ring (bicyclic) bond motifs is 1. The highest BCUT2D eigenvalue weighted by atomic mass is 16.6. The molecule has 174 valence electrons. The fraction of sp³-hybridized carbons (Fsp3) is 0.417. The molecule has 1 amide bonds. The Balaban J connectivity index is 1.45. The average molecular weight is 451 g/mol. The second-order valence-electron chi connectivity index (χ2n) is 8.89. The Morgan fingerprint density at radius 3 is 2.82 bits per heavy atom. The van der Waals surface area contributed by atoms with Gasteiger partial charge in [0.05, 0.1) is 24.6 Å². The third-order valence-corrected chi connectivity index (χ3v) is 5.03. The number of alkyl carbamates (subject to hydrolysis) is 1. The number of amides is 1. The maximum atomic E-state index is 11.8. The summed E-state index contributed by atoms with van der Waals surface area (Å²) in [7, 11) is 0. The van der Waals surface area contributed by atoms with Crippen LogP contribution in [0, 0.1) is 0 Å². The number of benzene rings is 1. The molecular weight excluding hydrogens is 420 g/mol. The van der Waals surface area contributed by atoms with Crippen LogP contribution in [0.2, 0.25) is 0 Å². The largest absolute Gasteiger partial charge is 0.444 e. The highest BCUT2D eigenvalue weighted by Gasteiger charge is 2.19. The van der Waals surface area contributed by atoms with E-state index in [2.05, 4.69) is 27.8 Å². The maximum absolute atomic E-state index is 11.8. The van der Waals surface area contributed by atoms with Gasteiger partial charge in [-0.25, -0.2) is 14.8 Å². The Morgan fingerprint density at radius 1 is 1.21 bits per heavy atom. The standard InChI is InChI=1S/C24H30N6O3/c1-24(2,3)33-23(31)25-11-9-18-14-30(16-27-18)22-28-20-10-12-32-15-19(20)21(29-22)26-13-17-7-5-4-6-8-17/h4-8,14,16H,9-13,15H2,1-3H3,(H,25,31)(H,26,28,29). The monoisotopic (exact) mass is 450 g/mol.